The van der Waals surface area contributed by atoms with Gasteiger partial charge < -0.3 is 29.0 Å². The third kappa shape index (κ3) is 8.87. The van der Waals surface area contributed by atoms with Gasteiger partial charge in [-0.1, -0.05) is 39.3 Å². The molecule has 0 spiro atoms. The molecule has 0 aromatic heterocycles. The first-order valence-corrected chi connectivity index (χ1v) is 10.0. The van der Waals surface area contributed by atoms with Crippen LogP contribution in [0.1, 0.15) is 60.3 Å². The van der Waals surface area contributed by atoms with Gasteiger partial charge in [-0.25, -0.2) is 0 Å². The van der Waals surface area contributed by atoms with Crippen molar-refractivity contribution in [2.75, 3.05) is 6.61 Å². The summed E-state index contributed by atoms with van der Waals surface area (Å²) in [5.74, 6) is -0.0693. The number of hydrogen-bond donors (Lipinski definition) is 1. The molecule has 0 unspecified atom stereocenters. The van der Waals surface area contributed by atoms with E-state index in [1.807, 2.05) is 0 Å². The summed E-state index contributed by atoms with van der Waals surface area (Å²) in [6.07, 6.45) is 0.458. The van der Waals surface area contributed by atoms with Crippen molar-refractivity contribution in [2.24, 2.45) is 0 Å². The number of carbonyl (C=O) groups excluding carboxylic acids is 2. The average molecular weight is 414 g/mol. The smallest absolute Gasteiger partial charge is 0.303 e. The first-order chi connectivity index (χ1) is 13.6. The third-order valence-corrected chi connectivity index (χ3v) is 4.11. The third-order valence-electron chi connectivity index (χ3n) is 4.11. The maximum atomic E-state index is 11.8. The summed E-state index contributed by atoms with van der Waals surface area (Å²) in [5.41, 5.74) is 0. The van der Waals surface area contributed by atoms with Crippen molar-refractivity contribution in [3.05, 3.63) is 24.7 Å². The van der Waals surface area contributed by atoms with Crippen LogP contribution >= 0.6 is 0 Å². The normalized spacial score (nSPS) is 26.3. The van der Waals surface area contributed by atoms with Crippen LogP contribution in [0.5, 0.6) is 0 Å². The highest BCUT2D eigenvalue weighted by atomic mass is 16.8. The van der Waals surface area contributed by atoms with E-state index < -0.39 is 36.8 Å². The van der Waals surface area contributed by atoms with E-state index in [1.54, 1.807) is 13.8 Å². The van der Waals surface area contributed by atoms with Gasteiger partial charge in [-0.2, -0.15) is 0 Å². The van der Waals surface area contributed by atoms with Crippen LogP contribution in [0.2, 0.25) is 0 Å². The molecule has 1 rings (SSSR count). The molecular formula is C21H35NO7. The monoisotopic (exact) mass is 413 g/mol. The average Bonchev–Trinajstić information content (AvgIpc) is 2.59. The minimum atomic E-state index is -1.01. The van der Waals surface area contributed by atoms with Crippen molar-refractivity contribution in [1.82, 2.24) is 5.32 Å². The SMILES string of the molecule is C=C(C)O[C@H]1O[C@@H](OCCCCCC)[C@H](NC(C)=O)[C@@H](OC(=C)C)[C@H]1OC(C)=O. The van der Waals surface area contributed by atoms with Crippen LogP contribution in [-0.4, -0.2) is 49.3 Å². The van der Waals surface area contributed by atoms with Crippen molar-refractivity contribution in [2.45, 2.75) is 91.1 Å². The molecule has 1 amide bonds. The molecule has 0 aromatic carbocycles. The number of unbranched alkanes of at least 4 members (excludes halogenated alkanes) is 3. The number of amides is 1. The lowest BCUT2D eigenvalue weighted by atomic mass is 10.00. The summed E-state index contributed by atoms with van der Waals surface area (Å²) in [4.78, 5) is 23.5. The second-order valence-electron chi connectivity index (χ2n) is 7.21. The Morgan fingerprint density at radius 2 is 1.55 bits per heavy atom. The number of hydrogen-bond acceptors (Lipinski definition) is 7. The van der Waals surface area contributed by atoms with Crippen LogP contribution in [0.25, 0.3) is 0 Å². The highest BCUT2D eigenvalue weighted by molar-refractivity contribution is 5.73. The molecule has 1 aliphatic heterocycles. The van der Waals surface area contributed by atoms with Crippen molar-refractivity contribution in [3.63, 3.8) is 0 Å². The summed E-state index contributed by atoms with van der Waals surface area (Å²) in [5, 5.41) is 2.79. The first-order valence-electron chi connectivity index (χ1n) is 10.0. The van der Waals surface area contributed by atoms with Crippen LogP contribution < -0.4 is 5.32 Å². The van der Waals surface area contributed by atoms with E-state index in [9.17, 15) is 9.59 Å². The number of carbonyl (C=O) groups is 2. The summed E-state index contributed by atoms with van der Waals surface area (Å²) < 4.78 is 28.8. The molecule has 5 atom stereocenters. The topological polar surface area (TPSA) is 92.3 Å². The maximum Gasteiger partial charge on any atom is 0.303 e. The van der Waals surface area contributed by atoms with Gasteiger partial charge in [-0.05, 0) is 20.3 Å². The summed E-state index contributed by atoms with van der Waals surface area (Å²) in [6, 6.07) is -0.732. The highest BCUT2D eigenvalue weighted by Crippen LogP contribution is 2.30. The van der Waals surface area contributed by atoms with Crippen molar-refractivity contribution >= 4 is 11.9 Å². The Balaban J connectivity index is 3.13. The second-order valence-corrected chi connectivity index (χ2v) is 7.21. The molecule has 1 saturated heterocycles. The molecule has 0 radical (unpaired) electrons. The van der Waals surface area contributed by atoms with Gasteiger partial charge in [0.15, 0.2) is 12.4 Å². The maximum absolute atomic E-state index is 11.8. The number of nitrogens with one attached hydrogen (secondary N) is 1. The van der Waals surface area contributed by atoms with Gasteiger partial charge in [0, 0.05) is 20.5 Å². The highest BCUT2D eigenvalue weighted by Gasteiger charge is 2.51. The van der Waals surface area contributed by atoms with E-state index in [4.69, 9.17) is 23.7 Å². The Morgan fingerprint density at radius 3 is 2.07 bits per heavy atom. The Kier molecular flexibility index (Phi) is 10.8. The molecule has 8 nitrogen and oxygen atoms in total. The summed E-state index contributed by atoms with van der Waals surface area (Å²) >= 11 is 0. The number of ether oxygens (including phenoxy) is 5. The van der Waals surface area contributed by atoms with E-state index in [0.29, 0.717) is 18.1 Å². The van der Waals surface area contributed by atoms with E-state index in [-0.39, 0.29) is 5.91 Å². The van der Waals surface area contributed by atoms with Crippen molar-refractivity contribution in [3.8, 4) is 0 Å². The lowest BCUT2D eigenvalue weighted by Crippen LogP contribution is -2.65. The van der Waals surface area contributed by atoms with Crippen LogP contribution in [0.3, 0.4) is 0 Å². The van der Waals surface area contributed by atoms with Gasteiger partial charge >= 0.3 is 5.97 Å². The largest absolute Gasteiger partial charge is 0.489 e. The molecule has 0 aliphatic carbocycles. The second kappa shape index (κ2) is 12.5. The predicted molar refractivity (Wildman–Crippen MR) is 107 cm³/mol. The quantitative estimate of drug-likeness (QED) is 0.298. The molecule has 1 heterocycles. The fraction of sp³-hybridized carbons (Fsp3) is 0.714. The molecule has 0 aromatic rings. The van der Waals surface area contributed by atoms with Crippen LogP contribution in [-0.2, 0) is 33.3 Å². The van der Waals surface area contributed by atoms with E-state index in [1.165, 1.54) is 13.8 Å². The molecule has 8 heteroatoms. The zero-order valence-electron chi connectivity index (χ0n) is 18.2. The zero-order valence-corrected chi connectivity index (χ0v) is 18.2. The standard InChI is InChI=1S/C21H35NO7/c1-8-9-10-11-12-25-20-17(22-15(6)23)18(26-13(2)3)19(28-16(7)24)21(29-20)27-14(4)5/h17-21H,2,4,8-12H2,1,3,5-7H3,(H,22,23)/t17-,18-,19-,20-,21+/m1/s1. The number of allylic oxidation sites excluding steroid dienone is 2. The predicted octanol–water partition coefficient (Wildman–Crippen LogP) is 3.17. The van der Waals surface area contributed by atoms with Gasteiger partial charge in [-0.15, -0.1) is 0 Å². The first kappa shape index (κ1) is 25.0. The fourth-order valence-electron chi connectivity index (χ4n) is 3.04. The van der Waals surface area contributed by atoms with Gasteiger partial charge in [0.2, 0.25) is 18.3 Å². The Labute approximate surface area is 173 Å². The number of rotatable bonds is 12. The fourth-order valence-corrected chi connectivity index (χ4v) is 3.04. The lowest BCUT2D eigenvalue weighted by molar-refractivity contribution is -0.322. The Morgan fingerprint density at radius 1 is 0.897 bits per heavy atom. The van der Waals surface area contributed by atoms with E-state index >= 15 is 0 Å². The van der Waals surface area contributed by atoms with Crippen molar-refractivity contribution < 1.29 is 33.3 Å². The van der Waals surface area contributed by atoms with E-state index in [0.717, 1.165) is 25.7 Å². The van der Waals surface area contributed by atoms with Crippen molar-refractivity contribution in [1.29, 1.82) is 0 Å². The molecule has 0 saturated carbocycles. The molecule has 1 N–H and O–H groups in total. The molecule has 1 aliphatic rings. The molecule has 0 bridgehead atoms. The van der Waals surface area contributed by atoms with Gasteiger partial charge in [0.1, 0.15) is 6.04 Å². The Hall–Kier alpha value is -2.06. The Bertz CT molecular complexity index is 577. The van der Waals surface area contributed by atoms with Gasteiger partial charge in [0.05, 0.1) is 11.5 Å². The zero-order chi connectivity index (χ0) is 22.0. The van der Waals surface area contributed by atoms with Crippen LogP contribution in [0.15, 0.2) is 24.7 Å². The summed E-state index contributed by atoms with van der Waals surface area (Å²) in [7, 11) is 0. The molecular weight excluding hydrogens is 378 g/mol. The molecule has 29 heavy (non-hydrogen) atoms. The lowest BCUT2D eigenvalue weighted by Gasteiger charge is -2.45. The van der Waals surface area contributed by atoms with Gasteiger partial charge in [-0.3, -0.25) is 9.59 Å². The van der Waals surface area contributed by atoms with E-state index in [2.05, 4.69) is 25.4 Å². The summed E-state index contributed by atoms with van der Waals surface area (Å²) in [6.45, 7) is 16.1. The number of esters is 1. The van der Waals surface area contributed by atoms with Crippen LogP contribution in [0.4, 0.5) is 0 Å². The molecule has 1 fully saturated rings. The molecule has 166 valence electrons. The minimum Gasteiger partial charge on any atom is -0.489 e. The minimum absolute atomic E-state index is 0.297. The van der Waals surface area contributed by atoms with Gasteiger partial charge in [0.25, 0.3) is 0 Å². The van der Waals surface area contributed by atoms with Crippen LogP contribution in [0, 0.1) is 0 Å².